The van der Waals surface area contributed by atoms with Gasteiger partial charge in [-0.2, -0.15) is 11.3 Å². The van der Waals surface area contributed by atoms with Crippen LogP contribution in [0.4, 0.5) is 9.93 Å². The lowest BCUT2D eigenvalue weighted by molar-refractivity contribution is -0.139. The SMILES string of the molecule is CC(C)(C)NC(=O)NC(C(=O)N1COCC1C(=O)Nc1nc(-c2ccc(C(=O)NC3CC3)cn2)cs1)c1ccsc1. The zero-order valence-corrected chi connectivity index (χ0v) is 24.4. The van der Waals surface area contributed by atoms with E-state index in [9.17, 15) is 19.2 Å². The molecule has 2 aliphatic rings. The van der Waals surface area contributed by atoms with Gasteiger partial charge < -0.3 is 30.9 Å². The van der Waals surface area contributed by atoms with Gasteiger partial charge in [0, 0.05) is 23.2 Å². The molecular weight excluding hydrogens is 566 g/mol. The highest BCUT2D eigenvalue weighted by atomic mass is 32.1. The van der Waals surface area contributed by atoms with Gasteiger partial charge in [-0.25, -0.2) is 9.78 Å². The van der Waals surface area contributed by atoms with E-state index in [4.69, 9.17) is 4.74 Å². The lowest BCUT2D eigenvalue weighted by Crippen LogP contribution is -2.53. The molecule has 0 bridgehead atoms. The summed E-state index contributed by atoms with van der Waals surface area (Å²) in [7, 11) is 0. The minimum Gasteiger partial charge on any atom is -0.358 e. The van der Waals surface area contributed by atoms with Crippen molar-refractivity contribution >= 4 is 51.6 Å². The molecule has 41 heavy (non-hydrogen) atoms. The Morgan fingerprint density at radius 3 is 2.56 bits per heavy atom. The molecule has 12 nitrogen and oxygen atoms in total. The summed E-state index contributed by atoms with van der Waals surface area (Å²) in [5.41, 5.74) is 1.69. The molecule has 0 spiro atoms. The summed E-state index contributed by atoms with van der Waals surface area (Å²) in [6, 6.07) is 3.02. The third kappa shape index (κ3) is 7.26. The van der Waals surface area contributed by atoms with Gasteiger partial charge in [-0.3, -0.25) is 19.4 Å². The van der Waals surface area contributed by atoms with E-state index < -0.39 is 35.5 Å². The quantitative estimate of drug-likeness (QED) is 0.311. The van der Waals surface area contributed by atoms with Crippen LogP contribution >= 0.6 is 22.7 Å². The topological polar surface area (TPSA) is 155 Å². The average molecular weight is 598 g/mol. The smallest absolute Gasteiger partial charge is 0.316 e. The Balaban J connectivity index is 1.24. The van der Waals surface area contributed by atoms with Gasteiger partial charge >= 0.3 is 6.03 Å². The number of thiazole rings is 1. The van der Waals surface area contributed by atoms with Crippen LogP contribution in [0.25, 0.3) is 11.4 Å². The molecule has 0 radical (unpaired) electrons. The summed E-state index contributed by atoms with van der Waals surface area (Å²) in [5, 5.41) is 16.9. The molecule has 5 amide bonds. The predicted molar refractivity (Wildman–Crippen MR) is 154 cm³/mol. The van der Waals surface area contributed by atoms with Gasteiger partial charge in [0.1, 0.15) is 24.5 Å². The maximum atomic E-state index is 13.6. The Bertz CT molecular complexity index is 1410. The van der Waals surface area contributed by atoms with Gasteiger partial charge in [-0.1, -0.05) is 0 Å². The van der Waals surface area contributed by atoms with Gasteiger partial charge in [0.2, 0.25) is 0 Å². The Morgan fingerprint density at radius 1 is 1.10 bits per heavy atom. The molecule has 1 saturated heterocycles. The molecule has 3 aromatic rings. The van der Waals surface area contributed by atoms with Gasteiger partial charge in [0.15, 0.2) is 5.13 Å². The first-order valence-corrected chi connectivity index (χ1v) is 14.9. The fourth-order valence-corrected chi connectivity index (χ4v) is 5.48. The highest BCUT2D eigenvalue weighted by Gasteiger charge is 2.39. The second-order valence-electron chi connectivity index (χ2n) is 10.9. The molecule has 2 fully saturated rings. The van der Waals surface area contributed by atoms with Crippen LogP contribution in [0.15, 0.2) is 40.5 Å². The van der Waals surface area contributed by atoms with Crippen molar-refractivity contribution in [3.8, 4) is 11.4 Å². The molecule has 1 saturated carbocycles. The first-order valence-electron chi connectivity index (χ1n) is 13.1. The molecule has 216 valence electrons. The summed E-state index contributed by atoms with van der Waals surface area (Å²) in [5.74, 6) is -1.07. The second kappa shape index (κ2) is 11.9. The number of amides is 5. The first kappa shape index (κ1) is 28.6. The van der Waals surface area contributed by atoms with Crippen LogP contribution in [0.1, 0.15) is 55.6 Å². The number of thiophene rings is 1. The van der Waals surface area contributed by atoms with Crippen molar-refractivity contribution in [1.82, 2.24) is 30.8 Å². The van der Waals surface area contributed by atoms with Crippen LogP contribution in [-0.4, -0.2) is 69.6 Å². The van der Waals surface area contributed by atoms with Crippen molar-refractivity contribution in [1.29, 1.82) is 0 Å². The van der Waals surface area contributed by atoms with Crippen molar-refractivity contribution in [2.24, 2.45) is 0 Å². The number of carbonyl (C=O) groups is 4. The fourth-order valence-electron chi connectivity index (χ4n) is 4.09. The minimum absolute atomic E-state index is 0.00624. The van der Waals surface area contributed by atoms with E-state index in [1.54, 1.807) is 29.0 Å². The van der Waals surface area contributed by atoms with Gasteiger partial charge in [-0.15, -0.1) is 11.3 Å². The standard InChI is InChI=1S/C27H31N7O5S2/c1-27(2,3)33-25(38)31-21(16-8-9-40-12-16)24(37)34-14-39-11-20(34)23(36)32-26-30-19(13-41-26)18-7-4-15(10-28-18)22(35)29-17-5-6-17/h4,7-10,12-13,17,20-21H,5-6,11,14H2,1-3H3,(H,29,35)(H,30,32,36)(H2,31,33,38). The Hall–Kier alpha value is -3.88. The number of urea groups is 1. The van der Waals surface area contributed by atoms with E-state index in [0.29, 0.717) is 27.6 Å². The number of nitrogens with one attached hydrogen (secondary N) is 4. The summed E-state index contributed by atoms with van der Waals surface area (Å²) in [4.78, 5) is 61.8. The van der Waals surface area contributed by atoms with E-state index >= 15 is 0 Å². The van der Waals surface area contributed by atoms with E-state index in [1.807, 2.05) is 26.2 Å². The molecule has 1 aliphatic heterocycles. The van der Waals surface area contributed by atoms with Crippen molar-refractivity contribution < 1.29 is 23.9 Å². The van der Waals surface area contributed by atoms with Crippen LogP contribution < -0.4 is 21.3 Å². The maximum Gasteiger partial charge on any atom is 0.316 e. The highest BCUT2D eigenvalue weighted by Crippen LogP contribution is 2.26. The van der Waals surface area contributed by atoms with Crippen molar-refractivity contribution in [2.45, 2.75) is 57.3 Å². The molecule has 2 unspecified atom stereocenters. The molecule has 0 aromatic carbocycles. The van der Waals surface area contributed by atoms with Crippen LogP contribution in [-0.2, 0) is 14.3 Å². The number of hydrogen-bond acceptors (Lipinski definition) is 9. The average Bonchev–Trinajstić information content (AvgIpc) is 3.35. The Kier molecular flexibility index (Phi) is 8.33. The lowest BCUT2D eigenvalue weighted by Gasteiger charge is -2.28. The Labute approximate surface area is 244 Å². The molecule has 4 heterocycles. The zero-order chi connectivity index (χ0) is 29.1. The van der Waals surface area contributed by atoms with Crippen LogP contribution in [0, 0.1) is 0 Å². The fraction of sp³-hybridized carbons (Fsp3) is 0.407. The number of hydrogen-bond donors (Lipinski definition) is 4. The number of pyridine rings is 1. The van der Waals surface area contributed by atoms with E-state index in [1.165, 1.54) is 33.8 Å². The lowest BCUT2D eigenvalue weighted by atomic mass is 10.1. The van der Waals surface area contributed by atoms with Crippen molar-refractivity contribution in [3.05, 3.63) is 51.7 Å². The molecular formula is C27H31N7O5S2. The summed E-state index contributed by atoms with van der Waals surface area (Å²) < 4.78 is 5.49. The van der Waals surface area contributed by atoms with Gasteiger partial charge in [0.25, 0.3) is 17.7 Å². The Morgan fingerprint density at radius 2 is 1.90 bits per heavy atom. The van der Waals surface area contributed by atoms with Crippen molar-refractivity contribution in [2.75, 3.05) is 18.7 Å². The number of anilines is 1. The van der Waals surface area contributed by atoms with Crippen LogP contribution in [0.2, 0.25) is 0 Å². The second-order valence-corrected chi connectivity index (χ2v) is 12.5. The minimum atomic E-state index is -0.993. The molecule has 1 aliphatic carbocycles. The highest BCUT2D eigenvalue weighted by molar-refractivity contribution is 7.14. The summed E-state index contributed by atoms with van der Waals surface area (Å²) >= 11 is 2.62. The summed E-state index contributed by atoms with van der Waals surface area (Å²) in [6.07, 6.45) is 3.51. The predicted octanol–water partition coefficient (Wildman–Crippen LogP) is 3.12. The monoisotopic (exact) mass is 597 g/mol. The zero-order valence-electron chi connectivity index (χ0n) is 22.8. The van der Waals surface area contributed by atoms with Gasteiger partial charge in [0.05, 0.1) is 17.9 Å². The molecule has 2 atom stereocenters. The van der Waals surface area contributed by atoms with E-state index in [-0.39, 0.29) is 25.3 Å². The third-order valence-corrected chi connectivity index (χ3v) is 7.75. The molecule has 4 N–H and O–H groups in total. The number of rotatable bonds is 8. The van der Waals surface area contributed by atoms with Crippen LogP contribution in [0.5, 0.6) is 0 Å². The molecule has 14 heteroatoms. The van der Waals surface area contributed by atoms with E-state index in [2.05, 4.69) is 31.2 Å². The maximum absolute atomic E-state index is 13.6. The summed E-state index contributed by atoms with van der Waals surface area (Å²) in [6.45, 7) is 5.44. The van der Waals surface area contributed by atoms with Crippen LogP contribution in [0.3, 0.4) is 0 Å². The third-order valence-electron chi connectivity index (χ3n) is 6.29. The number of carbonyl (C=O) groups excluding carboxylic acids is 4. The number of ether oxygens (including phenoxy) is 1. The normalized spacial score (nSPS) is 17.5. The number of aromatic nitrogens is 2. The largest absolute Gasteiger partial charge is 0.358 e. The first-order chi connectivity index (χ1) is 19.6. The molecule has 3 aromatic heterocycles. The van der Waals surface area contributed by atoms with Gasteiger partial charge in [-0.05, 0) is 68.1 Å². The van der Waals surface area contributed by atoms with Crippen molar-refractivity contribution in [3.63, 3.8) is 0 Å². The number of nitrogens with zero attached hydrogens (tertiary/aromatic N) is 3. The molecule has 5 rings (SSSR count). The van der Waals surface area contributed by atoms with E-state index in [0.717, 1.165) is 12.8 Å².